The number of rotatable bonds is 4. The first-order valence-corrected chi connectivity index (χ1v) is 9.76. The van der Waals surface area contributed by atoms with Crippen LogP contribution in [0.4, 0.5) is 0 Å². The Bertz CT molecular complexity index is 634. The van der Waals surface area contributed by atoms with Crippen LogP contribution in [-0.4, -0.2) is 8.07 Å². The molecule has 0 fully saturated rings. The summed E-state index contributed by atoms with van der Waals surface area (Å²) in [5.41, 5.74) is 2.44. The van der Waals surface area contributed by atoms with Crippen LogP contribution in [0.3, 0.4) is 0 Å². The molecule has 0 unspecified atom stereocenters. The predicted octanol–water partition coefficient (Wildman–Crippen LogP) is 3.27. The Labute approximate surface area is 133 Å². The van der Waals surface area contributed by atoms with E-state index in [4.69, 9.17) is 0 Å². The smallest absolute Gasteiger partial charge is 0.0945 e. The van der Waals surface area contributed by atoms with Gasteiger partial charge in [0.05, 0.1) is 0 Å². The van der Waals surface area contributed by atoms with Gasteiger partial charge in [0, 0.05) is 0 Å². The van der Waals surface area contributed by atoms with Gasteiger partial charge in [0.25, 0.3) is 0 Å². The minimum absolute atomic E-state index is 1.42. The average Bonchev–Trinajstić information content (AvgIpc) is 2.62. The van der Waals surface area contributed by atoms with Crippen LogP contribution in [0.15, 0.2) is 103 Å². The van der Waals surface area contributed by atoms with E-state index < -0.39 is 8.07 Å². The quantitative estimate of drug-likeness (QED) is 0.512. The van der Waals surface area contributed by atoms with Gasteiger partial charge >= 0.3 is 0 Å². The van der Waals surface area contributed by atoms with Gasteiger partial charge < -0.3 is 0 Å². The molecule has 0 bridgehead atoms. The number of benzene rings is 3. The number of hydrogen-bond donors (Lipinski definition) is 0. The Balaban J connectivity index is 2.34. The van der Waals surface area contributed by atoms with Crippen LogP contribution >= 0.6 is 0 Å². The minimum Gasteiger partial charge on any atom is -0.0945 e. The molecule has 0 heterocycles. The highest BCUT2D eigenvalue weighted by Crippen LogP contribution is 2.09. The second kappa shape index (κ2) is 6.59. The van der Waals surface area contributed by atoms with Gasteiger partial charge in [-0.25, -0.2) is 0 Å². The van der Waals surface area contributed by atoms with Crippen LogP contribution in [0.1, 0.15) is 6.92 Å². The predicted molar refractivity (Wildman–Crippen MR) is 98.8 cm³/mol. The van der Waals surface area contributed by atoms with Crippen molar-refractivity contribution >= 4 is 23.6 Å². The fourth-order valence-electron chi connectivity index (χ4n) is 3.14. The molecule has 0 aliphatic rings. The molecule has 108 valence electrons. The van der Waals surface area contributed by atoms with Crippen molar-refractivity contribution in [3.05, 3.63) is 103 Å². The fraction of sp³-hybridized carbons (Fsp3) is 0.0476. The van der Waals surface area contributed by atoms with Crippen molar-refractivity contribution in [3.63, 3.8) is 0 Å². The van der Waals surface area contributed by atoms with Crippen molar-refractivity contribution in [3.8, 4) is 0 Å². The summed E-state index contributed by atoms with van der Waals surface area (Å²) in [6, 6.07) is 32.8. The van der Waals surface area contributed by atoms with Gasteiger partial charge in [-0.3, -0.25) is 0 Å². The van der Waals surface area contributed by atoms with Crippen LogP contribution < -0.4 is 15.6 Å². The Morgan fingerprint density at radius 3 is 1.14 bits per heavy atom. The third-order valence-electron chi connectivity index (χ3n) is 4.10. The molecule has 1 heteroatoms. The first kappa shape index (κ1) is 14.5. The Morgan fingerprint density at radius 2 is 0.864 bits per heavy atom. The molecule has 0 aliphatic carbocycles. The first-order chi connectivity index (χ1) is 10.9. The second-order valence-electron chi connectivity index (χ2n) is 5.41. The summed E-state index contributed by atoms with van der Waals surface area (Å²) < 4.78 is 0. The van der Waals surface area contributed by atoms with Crippen LogP contribution in [0.5, 0.6) is 0 Å². The lowest BCUT2D eigenvalue weighted by Gasteiger charge is -2.30. The SMILES string of the molecule is C/C=C/[Si](c1ccccc1)(c1ccccc1)c1ccccc1. The van der Waals surface area contributed by atoms with Crippen LogP contribution in [0, 0.1) is 0 Å². The van der Waals surface area contributed by atoms with Gasteiger partial charge in [-0.05, 0) is 22.5 Å². The third-order valence-corrected chi connectivity index (χ3v) is 8.67. The molecule has 0 nitrogen and oxygen atoms in total. The molecular formula is C21H20Si. The summed E-state index contributed by atoms with van der Waals surface area (Å²) in [6.07, 6.45) is 2.21. The Morgan fingerprint density at radius 1 is 0.545 bits per heavy atom. The molecule has 0 spiro atoms. The summed E-state index contributed by atoms with van der Waals surface area (Å²) in [5.74, 6) is 0. The van der Waals surface area contributed by atoms with Crippen molar-refractivity contribution in [2.75, 3.05) is 0 Å². The largest absolute Gasteiger partial charge is 0.172 e. The normalized spacial score (nSPS) is 11.7. The molecule has 22 heavy (non-hydrogen) atoms. The van der Waals surface area contributed by atoms with E-state index in [1.807, 2.05) is 0 Å². The van der Waals surface area contributed by atoms with Gasteiger partial charge in [0.15, 0.2) is 8.07 Å². The molecule has 3 rings (SSSR count). The van der Waals surface area contributed by atoms with Crippen molar-refractivity contribution in [2.45, 2.75) is 6.92 Å². The lowest BCUT2D eigenvalue weighted by atomic mass is 10.3. The van der Waals surface area contributed by atoms with Gasteiger partial charge in [0.1, 0.15) is 0 Å². The first-order valence-electron chi connectivity index (χ1n) is 7.68. The zero-order valence-electron chi connectivity index (χ0n) is 12.8. The fourth-order valence-corrected chi connectivity index (χ4v) is 7.37. The van der Waals surface area contributed by atoms with E-state index in [0.717, 1.165) is 0 Å². The molecule has 0 amide bonds. The molecule has 0 radical (unpaired) electrons. The summed E-state index contributed by atoms with van der Waals surface area (Å²) >= 11 is 0. The van der Waals surface area contributed by atoms with Crippen molar-refractivity contribution in [2.24, 2.45) is 0 Å². The molecule has 0 saturated carbocycles. The Kier molecular flexibility index (Phi) is 4.36. The van der Waals surface area contributed by atoms with Gasteiger partial charge in [-0.2, -0.15) is 0 Å². The van der Waals surface area contributed by atoms with E-state index in [2.05, 4.69) is 110 Å². The van der Waals surface area contributed by atoms with E-state index in [0.29, 0.717) is 0 Å². The lowest BCUT2D eigenvalue weighted by molar-refractivity contribution is 1.67. The topological polar surface area (TPSA) is 0 Å². The van der Waals surface area contributed by atoms with E-state index in [1.165, 1.54) is 15.6 Å². The van der Waals surface area contributed by atoms with Gasteiger partial charge in [-0.15, -0.1) is 0 Å². The maximum Gasteiger partial charge on any atom is 0.172 e. The van der Waals surface area contributed by atoms with E-state index >= 15 is 0 Å². The molecule has 0 saturated heterocycles. The maximum atomic E-state index is 2.44. The van der Waals surface area contributed by atoms with Crippen LogP contribution in [-0.2, 0) is 0 Å². The summed E-state index contributed by atoms with van der Waals surface area (Å²) in [7, 11) is -2.10. The zero-order chi connectivity index (χ0) is 15.3. The van der Waals surface area contributed by atoms with E-state index in [-0.39, 0.29) is 0 Å². The summed E-state index contributed by atoms with van der Waals surface area (Å²) in [6.45, 7) is 2.12. The molecule has 0 aliphatic heterocycles. The number of allylic oxidation sites excluding steroid dienone is 1. The molecule has 3 aromatic carbocycles. The molecule has 0 aromatic heterocycles. The zero-order valence-corrected chi connectivity index (χ0v) is 13.8. The van der Waals surface area contributed by atoms with Crippen molar-refractivity contribution in [1.82, 2.24) is 0 Å². The minimum atomic E-state index is -2.10. The standard InChI is InChI=1S/C21H20Si/c1-2-18-22(19-12-6-3-7-13-19,20-14-8-4-9-15-20)21-16-10-5-11-17-21/h2-18H,1H3/b18-2+. The lowest BCUT2D eigenvalue weighted by Crippen LogP contribution is -2.66. The highest BCUT2D eigenvalue weighted by atomic mass is 28.3. The molecular weight excluding hydrogens is 280 g/mol. The van der Waals surface area contributed by atoms with Crippen LogP contribution in [0.2, 0.25) is 0 Å². The van der Waals surface area contributed by atoms with E-state index in [1.54, 1.807) is 0 Å². The number of hydrogen-bond acceptors (Lipinski definition) is 0. The maximum absolute atomic E-state index is 2.44. The Hall–Kier alpha value is -2.38. The molecule has 0 atom stereocenters. The highest BCUT2D eigenvalue weighted by Gasteiger charge is 2.36. The monoisotopic (exact) mass is 300 g/mol. The average molecular weight is 300 g/mol. The van der Waals surface area contributed by atoms with Crippen LogP contribution in [0.25, 0.3) is 0 Å². The van der Waals surface area contributed by atoms with Crippen molar-refractivity contribution < 1.29 is 0 Å². The summed E-state index contributed by atoms with van der Waals surface area (Å²) in [5, 5.41) is 4.27. The summed E-state index contributed by atoms with van der Waals surface area (Å²) in [4.78, 5) is 0. The highest BCUT2D eigenvalue weighted by molar-refractivity contribution is 7.14. The van der Waals surface area contributed by atoms with E-state index in [9.17, 15) is 0 Å². The molecule has 0 N–H and O–H groups in total. The molecule has 3 aromatic rings. The van der Waals surface area contributed by atoms with Gasteiger partial charge in [0.2, 0.25) is 0 Å². The second-order valence-corrected chi connectivity index (χ2v) is 9.09. The van der Waals surface area contributed by atoms with Crippen molar-refractivity contribution in [1.29, 1.82) is 0 Å². The van der Waals surface area contributed by atoms with Gasteiger partial charge in [-0.1, -0.05) is 103 Å². The third kappa shape index (κ3) is 2.56.